The summed E-state index contributed by atoms with van der Waals surface area (Å²) in [6.45, 7) is 3.54. The van der Waals surface area contributed by atoms with Gasteiger partial charge in [0.15, 0.2) is 0 Å². The fraction of sp³-hybridized carbons (Fsp3) is 0.294. The van der Waals surface area contributed by atoms with Gasteiger partial charge in [-0.05, 0) is 36.8 Å². The molecule has 0 bridgehead atoms. The molecule has 0 aliphatic carbocycles. The average Bonchev–Trinajstić information content (AvgIpc) is 2.47. The predicted octanol–water partition coefficient (Wildman–Crippen LogP) is 3.29. The summed E-state index contributed by atoms with van der Waals surface area (Å²) in [6, 6.07) is 15.9. The van der Waals surface area contributed by atoms with Crippen LogP contribution in [0.5, 0.6) is 5.75 Å². The van der Waals surface area contributed by atoms with Gasteiger partial charge in [-0.1, -0.05) is 45.8 Å². The molecule has 4 heteroatoms. The van der Waals surface area contributed by atoms with E-state index < -0.39 is 6.10 Å². The molecule has 112 valence electrons. The van der Waals surface area contributed by atoms with Gasteiger partial charge in [0.2, 0.25) is 0 Å². The Bertz CT molecular complexity index is 557. The number of nitrogens with one attached hydrogen (secondary N) is 1. The molecular weight excluding hydrogens is 330 g/mol. The van der Waals surface area contributed by atoms with Crippen molar-refractivity contribution in [1.29, 1.82) is 0 Å². The third-order valence-electron chi connectivity index (χ3n) is 3.06. The van der Waals surface area contributed by atoms with Crippen LogP contribution in [-0.2, 0) is 6.54 Å². The molecular formula is C17H20BrNO2. The normalized spacial score (nSPS) is 12.1. The molecule has 0 saturated heterocycles. The first-order chi connectivity index (χ1) is 10.1. The van der Waals surface area contributed by atoms with Crippen LogP contribution in [0.4, 0.5) is 0 Å². The van der Waals surface area contributed by atoms with E-state index in [0.717, 1.165) is 16.8 Å². The average molecular weight is 350 g/mol. The first-order valence-electron chi connectivity index (χ1n) is 6.96. The van der Waals surface area contributed by atoms with E-state index >= 15 is 0 Å². The minimum absolute atomic E-state index is 0.286. The van der Waals surface area contributed by atoms with Crippen molar-refractivity contribution in [2.24, 2.45) is 0 Å². The highest BCUT2D eigenvalue weighted by molar-refractivity contribution is 9.10. The van der Waals surface area contributed by atoms with Gasteiger partial charge in [-0.25, -0.2) is 0 Å². The van der Waals surface area contributed by atoms with Crippen molar-refractivity contribution >= 4 is 15.9 Å². The minimum atomic E-state index is -0.529. The van der Waals surface area contributed by atoms with Crippen LogP contribution in [0.3, 0.4) is 0 Å². The first-order valence-corrected chi connectivity index (χ1v) is 7.75. The molecule has 0 saturated carbocycles. The molecule has 1 unspecified atom stereocenters. The monoisotopic (exact) mass is 349 g/mol. The van der Waals surface area contributed by atoms with E-state index in [4.69, 9.17) is 4.74 Å². The maximum atomic E-state index is 9.90. The topological polar surface area (TPSA) is 41.5 Å². The zero-order valence-electron chi connectivity index (χ0n) is 12.1. The molecule has 21 heavy (non-hydrogen) atoms. The predicted molar refractivity (Wildman–Crippen MR) is 88.5 cm³/mol. The summed E-state index contributed by atoms with van der Waals surface area (Å²) in [4.78, 5) is 0. The standard InChI is InChI=1S/C17H20BrNO2/c1-13-5-7-17(8-6-13)21-12-16(20)11-19-10-14-3-2-4-15(18)9-14/h2-9,16,19-20H,10-12H2,1H3. The Balaban J connectivity index is 1.67. The summed E-state index contributed by atoms with van der Waals surface area (Å²) in [5, 5.41) is 13.1. The molecule has 0 aliphatic heterocycles. The second-order valence-electron chi connectivity index (χ2n) is 5.04. The Hall–Kier alpha value is -1.36. The van der Waals surface area contributed by atoms with Gasteiger partial charge in [0, 0.05) is 17.6 Å². The van der Waals surface area contributed by atoms with Gasteiger partial charge >= 0.3 is 0 Å². The second kappa shape index (κ2) is 8.17. The smallest absolute Gasteiger partial charge is 0.119 e. The van der Waals surface area contributed by atoms with Crippen LogP contribution >= 0.6 is 15.9 Å². The molecule has 0 heterocycles. The summed E-state index contributed by atoms with van der Waals surface area (Å²) in [5.41, 5.74) is 2.37. The van der Waals surface area contributed by atoms with E-state index in [1.54, 1.807) is 0 Å². The number of hydrogen-bond donors (Lipinski definition) is 2. The highest BCUT2D eigenvalue weighted by atomic mass is 79.9. The largest absolute Gasteiger partial charge is 0.491 e. The number of aliphatic hydroxyl groups excluding tert-OH is 1. The van der Waals surface area contributed by atoms with E-state index in [2.05, 4.69) is 27.3 Å². The van der Waals surface area contributed by atoms with Crippen LogP contribution in [0.25, 0.3) is 0 Å². The summed E-state index contributed by atoms with van der Waals surface area (Å²) in [7, 11) is 0. The number of ether oxygens (including phenoxy) is 1. The molecule has 2 aromatic rings. The lowest BCUT2D eigenvalue weighted by atomic mass is 10.2. The number of rotatable bonds is 7. The van der Waals surface area contributed by atoms with Crippen LogP contribution in [0.2, 0.25) is 0 Å². The maximum Gasteiger partial charge on any atom is 0.119 e. The van der Waals surface area contributed by atoms with Gasteiger partial charge in [0.25, 0.3) is 0 Å². The van der Waals surface area contributed by atoms with Crippen LogP contribution in [0, 0.1) is 6.92 Å². The van der Waals surface area contributed by atoms with Crippen molar-refractivity contribution < 1.29 is 9.84 Å². The molecule has 0 amide bonds. The van der Waals surface area contributed by atoms with Crippen molar-refractivity contribution in [3.8, 4) is 5.75 Å². The molecule has 1 atom stereocenters. The van der Waals surface area contributed by atoms with Gasteiger partial charge in [-0.3, -0.25) is 0 Å². The Morgan fingerprint density at radius 3 is 2.67 bits per heavy atom. The second-order valence-corrected chi connectivity index (χ2v) is 5.95. The van der Waals surface area contributed by atoms with Crippen LogP contribution in [-0.4, -0.2) is 24.4 Å². The first kappa shape index (κ1) is 16.0. The summed E-state index contributed by atoms with van der Waals surface area (Å²) in [5.74, 6) is 0.784. The van der Waals surface area contributed by atoms with Gasteiger partial charge in [-0.2, -0.15) is 0 Å². The van der Waals surface area contributed by atoms with E-state index in [9.17, 15) is 5.11 Å². The van der Waals surface area contributed by atoms with Gasteiger partial charge in [0.05, 0.1) is 0 Å². The molecule has 0 aliphatic rings. The molecule has 2 aromatic carbocycles. The Morgan fingerprint density at radius 1 is 1.19 bits per heavy atom. The van der Waals surface area contributed by atoms with E-state index in [1.165, 1.54) is 11.1 Å². The Morgan fingerprint density at radius 2 is 1.95 bits per heavy atom. The third kappa shape index (κ3) is 5.87. The zero-order valence-corrected chi connectivity index (χ0v) is 13.6. The van der Waals surface area contributed by atoms with E-state index in [1.807, 2.05) is 49.4 Å². The fourth-order valence-corrected chi connectivity index (χ4v) is 2.36. The summed E-state index contributed by atoms with van der Waals surface area (Å²) < 4.78 is 6.61. The van der Waals surface area contributed by atoms with E-state index in [0.29, 0.717) is 6.54 Å². The van der Waals surface area contributed by atoms with Gasteiger partial charge in [0.1, 0.15) is 18.5 Å². The zero-order chi connectivity index (χ0) is 15.1. The lowest BCUT2D eigenvalue weighted by molar-refractivity contribution is 0.106. The van der Waals surface area contributed by atoms with Crippen LogP contribution < -0.4 is 10.1 Å². The lowest BCUT2D eigenvalue weighted by Gasteiger charge is -2.13. The van der Waals surface area contributed by atoms with Crippen molar-refractivity contribution in [2.45, 2.75) is 19.6 Å². The molecule has 3 nitrogen and oxygen atoms in total. The molecule has 2 N–H and O–H groups in total. The molecule has 0 spiro atoms. The fourth-order valence-electron chi connectivity index (χ4n) is 1.92. The Labute approximate surface area is 134 Å². The number of benzene rings is 2. The number of aryl methyl sites for hydroxylation is 1. The van der Waals surface area contributed by atoms with Crippen molar-refractivity contribution in [3.05, 3.63) is 64.1 Å². The molecule has 0 fully saturated rings. The summed E-state index contributed by atoms with van der Waals surface area (Å²) >= 11 is 3.44. The quantitative estimate of drug-likeness (QED) is 0.805. The number of halogens is 1. The highest BCUT2D eigenvalue weighted by Crippen LogP contribution is 2.12. The number of aliphatic hydroxyl groups is 1. The maximum absolute atomic E-state index is 9.90. The molecule has 0 aromatic heterocycles. The third-order valence-corrected chi connectivity index (χ3v) is 3.55. The summed E-state index contributed by atoms with van der Waals surface area (Å²) in [6.07, 6.45) is -0.529. The molecule has 0 radical (unpaired) electrons. The van der Waals surface area contributed by atoms with Crippen LogP contribution in [0.15, 0.2) is 53.0 Å². The SMILES string of the molecule is Cc1ccc(OCC(O)CNCc2cccc(Br)c2)cc1. The van der Waals surface area contributed by atoms with Gasteiger partial charge in [-0.15, -0.1) is 0 Å². The molecule has 2 rings (SSSR count). The van der Waals surface area contributed by atoms with Crippen LogP contribution in [0.1, 0.15) is 11.1 Å². The minimum Gasteiger partial charge on any atom is -0.491 e. The van der Waals surface area contributed by atoms with E-state index in [-0.39, 0.29) is 6.61 Å². The van der Waals surface area contributed by atoms with Crippen molar-refractivity contribution in [3.63, 3.8) is 0 Å². The Kier molecular flexibility index (Phi) is 6.23. The van der Waals surface area contributed by atoms with Crippen molar-refractivity contribution in [2.75, 3.05) is 13.2 Å². The van der Waals surface area contributed by atoms with Gasteiger partial charge < -0.3 is 15.2 Å². The number of hydrogen-bond acceptors (Lipinski definition) is 3. The van der Waals surface area contributed by atoms with Crippen molar-refractivity contribution in [1.82, 2.24) is 5.32 Å². The highest BCUT2D eigenvalue weighted by Gasteiger charge is 2.05. The lowest BCUT2D eigenvalue weighted by Crippen LogP contribution is -2.31.